The maximum absolute atomic E-state index is 15.1. The minimum atomic E-state index is -0.622. The van der Waals surface area contributed by atoms with Crippen LogP contribution in [0.1, 0.15) is 84.9 Å². The van der Waals surface area contributed by atoms with Gasteiger partial charge in [0.05, 0.1) is 96.5 Å². The minimum Gasteiger partial charge on any atom is -0.497 e. The number of carbonyl (C=O) groups excluding carboxylic acids is 4. The first-order valence-electron chi connectivity index (χ1n) is 28.4. The highest BCUT2D eigenvalue weighted by Gasteiger charge is 2.46. The maximum Gasteiger partial charge on any atom is 0.326 e. The number of hydrogen-bond acceptors (Lipinski definition) is 15. The molecule has 4 aromatic carbocycles. The van der Waals surface area contributed by atoms with Gasteiger partial charge in [-0.3, -0.25) is 24.3 Å². The van der Waals surface area contributed by atoms with E-state index in [-0.39, 0.29) is 94.9 Å². The molecule has 5 heterocycles. The average molecular weight is 1210 g/mol. The first-order chi connectivity index (χ1) is 41.1. The fraction of sp³-hybridized carbons (Fsp3) is 0.426. The molecule has 85 heavy (non-hydrogen) atoms. The van der Waals surface area contributed by atoms with Crippen LogP contribution in [0.3, 0.4) is 0 Å². The number of halogens is 3. The van der Waals surface area contributed by atoms with Gasteiger partial charge in [-0.15, -0.1) is 0 Å². The van der Waals surface area contributed by atoms with Crippen molar-refractivity contribution >= 4 is 64.3 Å². The predicted molar refractivity (Wildman–Crippen MR) is 317 cm³/mol. The molecule has 3 aliphatic rings. The number of hydrogen-bond donors (Lipinski definition) is 2. The molecule has 0 radical (unpaired) electrons. The molecular formula is C61H71Cl2FN10O11. The van der Waals surface area contributed by atoms with Crippen LogP contribution in [0, 0.1) is 5.82 Å². The molecule has 0 aliphatic carbocycles. The highest BCUT2D eigenvalue weighted by molar-refractivity contribution is 6.30. The zero-order chi connectivity index (χ0) is 60.0. The second-order valence-corrected chi connectivity index (χ2v) is 21.7. The van der Waals surface area contributed by atoms with Gasteiger partial charge >= 0.3 is 6.03 Å². The molecule has 2 bridgehead atoms. The molecule has 0 saturated carbocycles. The number of nitrogens with one attached hydrogen (secondary N) is 2. The third-order valence-corrected chi connectivity index (χ3v) is 14.9. The number of aliphatic imine (C=N–C) groups is 1. The molecule has 1 saturated heterocycles. The van der Waals surface area contributed by atoms with Crippen molar-refractivity contribution in [3.63, 3.8) is 0 Å². The zero-order valence-corrected chi connectivity index (χ0v) is 49.7. The monoisotopic (exact) mass is 1210 g/mol. The first-order valence-corrected chi connectivity index (χ1v) is 29.1. The van der Waals surface area contributed by atoms with Gasteiger partial charge in [-0.05, 0) is 99.5 Å². The van der Waals surface area contributed by atoms with Crippen LogP contribution in [0.15, 0.2) is 108 Å². The van der Waals surface area contributed by atoms with Crippen LogP contribution >= 0.6 is 23.2 Å². The standard InChI is InChI=1S/C61H71Cl2FN10O11/c1-39(2)84-52-35-47(79-5)15-16-48(52)59-69-56(42-6-10-44(62)11-7-42)57(43-8-12-45(63)13-9-43)74(59)61(78)72-24-23-70(55(76)38-72)25-27-81-29-31-83-33-32-82-30-28-80-26-19-54(75)65-20-22-71-37-40(3)85-51-17-14-46(64)34-49(51)41(4)67-53-18-21-73-58(68-53)50(36-66-73)60(71)77/h6-18,21,34-36,39-41,56-57H,19-20,22-33,37-38H2,1-5H3,(H,65,75)(H,67,68)/t40-,41?,56+,57-/m0/s1. The number of rotatable bonds is 24. The quantitative estimate of drug-likeness (QED) is 0.0545. The van der Waals surface area contributed by atoms with Crippen LogP contribution in [-0.2, 0) is 28.5 Å². The smallest absolute Gasteiger partial charge is 0.326 e. The summed E-state index contributed by atoms with van der Waals surface area (Å²) in [6.07, 6.45) is 2.58. The predicted octanol–water partition coefficient (Wildman–Crippen LogP) is 8.45. The number of carbonyl (C=O) groups is 4. The Morgan fingerprint density at radius 3 is 2.16 bits per heavy atom. The molecular weight excluding hydrogens is 1140 g/mol. The molecule has 3 aliphatic heterocycles. The van der Waals surface area contributed by atoms with Crippen molar-refractivity contribution in [3.8, 4) is 17.2 Å². The summed E-state index contributed by atoms with van der Waals surface area (Å²) in [5, 5.41) is 11.6. The Balaban J connectivity index is 0.667. The summed E-state index contributed by atoms with van der Waals surface area (Å²) >= 11 is 12.7. The topological polar surface area (TPSA) is 212 Å². The zero-order valence-electron chi connectivity index (χ0n) is 48.2. The van der Waals surface area contributed by atoms with Gasteiger partial charge < -0.3 is 58.5 Å². The second kappa shape index (κ2) is 29.5. The van der Waals surface area contributed by atoms with Crippen LogP contribution in [0.2, 0.25) is 10.0 Å². The second-order valence-electron chi connectivity index (χ2n) is 20.8. The van der Waals surface area contributed by atoms with E-state index >= 15 is 4.79 Å². The lowest BCUT2D eigenvalue weighted by Crippen LogP contribution is -2.56. The van der Waals surface area contributed by atoms with Gasteiger partial charge in [0.25, 0.3) is 5.91 Å². The SMILES string of the molecule is COc1ccc(C2=N[C@H](c3ccc(Cl)cc3)[C@H](c3ccc(Cl)cc3)N2C(=O)N2CCN(CCOCCOCCOCCOCCC(=O)NCCN3C[C@H](C)Oc4ccc(F)cc4C(C)Nc4ccn5ncc(c5n4)C3=O)C(=O)C2)c(OC(C)C)c1. The lowest BCUT2D eigenvalue weighted by Gasteiger charge is -2.38. The normalized spacial score (nSPS) is 18.2. The first kappa shape index (κ1) is 61.9. The van der Waals surface area contributed by atoms with Crippen molar-refractivity contribution in [3.05, 3.63) is 147 Å². The molecule has 0 spiro atoms. The van der Waals surface area contributed by atoms with E-state index in [0.29, 0.717) is 107 Å². The Labute approximate surface area is 503 Å². The van der Waals surface area contributed by atoms with E-state index in [4.69, 9.17) is 61.4 Å². The lowest BCUT2D eigenvalue weighted by atomic mass is 9.93. The Bertz CT molecular complexity index is 3300. The van der Waals surface area contributed by atoms with Gasteiger partial charge in [0.2, 0.25) is 11.8 Å². The van der Waals surface area contributed by atoms with Crippen LogP contribution < -0.4 is 24.8 Å². The van der Waals surface area contributed by atoms with Crippen molar-refractivity contribution < 1.29 is 56.7 Å². The Morgan fingerprint density at radius 2 is 1.48 bits per heavy atom. The number of amidine groups is 1. The van der Waals surface area contributed by atoms with Crippen LogP contribution in [0.5, 0.6) is 17.2 Å². The van der Waals surface area contributed by atoms with E-state index in [0.717, 1.165) is 11.1 Å². The Kier molecular flexibility index (Phi) is 21.5. The maximum atomic E-state index is 15.1. The van der Waals surface area contributed by atoms with E-state index in [1.54, 1.807) is 81.4 Å². The molecule has 5 amide bonds. The molecule has 9 rings (SSSR count). The average Bonchev–Trinajstić information content (AvgIpc) is 3.08. The number of amides is 5. The molecule has 2 N–H and O–H groups in total. The number of benzene rings is 4. The minimum absolute atomic E-state index is 0.107. The number of aromatic nitrogens is 3. The number of fused-ring (bicyclic) bond motifs is 2. The Morgan fingerprint density at radius 1 is 0.800 bits per heavy atom. The van der Waals surface area contributed by atoms with Gasteiger partial charge in [0, 0.05) is 67.0 Å². The van der Waals surface area contributed by atoms with Gasteiger partial charge in [-0.25, -0.2) is 18.7 Å². The van der Waals surface area contributed by atoms with Gasteiger partial charge in [-0.2, -0.15) is 5.10 Å². The van der Waals surface area contributed by atoms with E-state index < -0.39 is 24.0 Å². The Hall–Kier alpha value is -7.60. The third kappa shape index (κ3) is 16.0. The van der Waals surface area contributed by atoms with E-state index in [9.17, 15) is 18.8 Å². The molecule has 1 unspecified atom stereocenters. The number of ether oxygens (including phenoxy) is 7. The summed E-state index contributed by atoms with van der Waals surface area (Å²) in [5.41, 5.74) is 3.47. The van der Waals surface area contributed by atoms with Crippen LogP contribution in [-0.4, -0.2) is 182 Å². The summed E-state index contributed by atoms with van der Waals surface area (Å²) in [4.78, 5) is 72.0. The van der Waals surface area contributed by atoms with Crippen molar-refractivity contribution in [2.75, 3.05) is 111 Å². The molecule has 21 nitrogen and oxygen atoms in total. The number of piperazine rings is 1. The highest BCUT2D eigenvalue weighted by Crippen LogP contribution is 2.46. The number of methoxy groups -OCH3 is 1. The van der Waals surface area contributed by atoms with Crippen molar-refractivity contribution in [1.29, 1.82) is 0 Å². The van der Waals surface area contributed by atoms with E-state index in [1.165, 1.54) is 22.8 Å². The van der Waals surface area contributed by atoms with E-state index in [1.807, 2.05) is 58.0 Å². The highest BCUT2D eigenvalue weighted by atomic mass is 35.5. The molecule has 2 aromatic heterocycles. The summed E-state index contributed by atoms with van der Waals surface area (Å²) in [6.45, 7) is 11.2. The van der Waals surface area contributed by atoms with Crippen molar-refractivity contribution in [2.24, 2.45) is 4.99 Å². The molecule has 4 atom stereocenters. The molecule has 452 valence electrons. The fourth-order valence-electron chi connectivity index (χ4n) is 10.2. The number of nitrogens with zero attached hydrogens (tertiary/aromatic N) is 8. The third-order valence-electron chi connectivity index (χ3n) is 14.4. The molecule has 1 fully saturated rings. The summed E-state index contributed by atoms with van der Waals surface area (Å²) < 4.78 is 56.8. The van der Waals surface area contributed by atoms with Crippen LogP contribution in [0.4, 0.5) is 15.0 Å². The van der Waals surface area contributed by atoms with Crippen molar-refractivity contribution in [2.45, 2.75) is 64.4 Å². The lowest BCUT2D eigenvalue weighted by molar-refractivity contribution is -0.135. The number of urea groups is 1. The largest absolute Gasteiger partial charge is 0.497 e. The van der Waals surface area contributed by atoms with E-state index in [2.05, 4.69) is 20.7 Å². The summed E-state index contributed by atoms with van der Waals surface area (Å²) in [6, 6.07) is 24.3. The number of anilines is 1. The van der Waals surface area contributed by atoms with Gasteiger partial charge in [-0.1, -0.05) is 47.5 Å². The molecule has 24 heteroatoms. The molecule has 6 aromatic rings. The summed E-state index contributed by atoms with van der Waals surface area (Å²) in [7, 11) is 1.58. The van der Waals surface area contributed by atoms with Gasteiger partial charge in [0.15, 0.2) is 5.65 Å². The fourth-order valence-corrected chi connectivity index (χ4v) is 10.4. The van der Waals surface area contributed by atoms with Crippen molar-refractivity contribution in [1.82, 2.24) is 39.5 Å². The van der Waals surface area contributed by atoms with Crippen LogP contribution in [0.25, 0.3) is 5.65 Å². The van der Waals surface area contributed by atoms with Gasteiger partial charge in [0.1, 0.15) is 59.0 Å². The summed E-state index contributed by atoms with van der Waals surface area (Å²) in [5.74, 6) is 1.23.